The van der Waals surface area contributed by atoms with Crippen molar-refractivity contribution in [1.82, 2.24) is 19.2 Å². The highest BCUT2D eigenvalue weighted by Crippen LogP contribution is 2.39. The summed E-state index contributed by atoms with van der Waals surface area (Å²) in [4.78, 5) is 33.6. The molecule has 0 radical (unpaired) electrons. The third kappa shape index (κ3) is 2.60. The van der Waals surface area contributed by atoms with Crippen molar-refractivity contribution in [2.45, 2.75) is 32.6 Å². The molecule has 0 aromatic carbocycles. The number of pyridine rings is 1. The van der Waals surface area contributed by atoms with Gasteiger partial charge in [0.05, 0.1) is 17.5 Å². The first kappa shape index (κ1) is 16.1. The maximum atomic E-state index is 12.8. The van der Waals surface area contributed by atoms with E-state index in [0.29, 0.717) is 19.5 Å². The summed E-state index contributed by atoms with van der Waals surface area (Å²) in [6.45, 7) is 4.08. The second-order valence-corrected chi connectivity index (χ2v) is 7.49. The number of likely N-dealkylation sites (tertiary alicyclic amines) is 2. The van der Waals surface area contributed by atoms with Gasteiger partial charge < -0.3 is 14.2 Å². The first-order chi connectivity index (χ1) is 12.0. The third-order valence-electron chi connectivity index (χ3n) is 5.80. The van der Waals surface area contributed by atoms with Crippen LogP contribution in [0.15, 0.2) is 24.5 Å². The minimum atomic E-state index is -0.348. The lowest BCUT2D eigenvalue weighted by atomic mass is 9.78. The lowest BCUT2D eigenvalue weighted by molar-refractivity contribution is -0.144. The van der Waals surface area contributed by atoms with Crippen LogP contribution in [0, 0.1) is 12.3 Å². The Morgan fingerprint density at radius 2 is 2.16 bits per heavy atom. The SMILES string of the molecule is Cc1cccn2c(CC(=O)N3CC[C@]4(CCCN(C)C4=O)C3)cnc12. The van der Waals surface area contributed by atoms with Crippen molar-refractivity contribution in [2.24, 2.45) is 5.41 Å². The van der Waals surface area contributed by atoms with Gasteiger partial charge in [-0.05, 0) is 37.8 Å². The molecule has 0 saturated carbocycles. The molecule has 2 aromatic heterocycles. The molecule has 4 heterocycles. The largest absolute Gasteiger partial charge is 0.345 e. The van der Waals surface area contributed by atoms with Crippen LogP contribution in [0.5, 0.6) is 0 Å². The van der Waals surface area contributed by atoms with E-state index in [1.54, 1.807) is 6.20 Å². The number of aromatic nitrogens is 2. The fourth-order valence-corrected chi connectivity index (χ4v) is 4.33. The minimum absolute atomic E-state index is 0.0845. The minimum Gasteiger partial charge on any atom is -0.345 e. The highest BCUT2D eigenvalue weighted by atomic mass is 16.2. The van der Waals surface area contributed by atoms with Gasteiger partial charge >= 0.3 is 0 Å². The van der Waals surface area contributed by atoms with E-state index in [4.69, 9.17) is 0 Å². The lowest BCUT2D eigenvalue weighted by Crippen LogP contribution is -2.48. The van der Waals surface area contributed by atoms with Gasteiger partial charge in [-0.15, -0.1) is 0 Å². The van der Waals surface area contributed by atoms with Crippen molar-refractivity contribution in [2.75, 3.05) is 26.7 Å². The van der Waals surface area contributed by atoms with Crippen molar-refractivity contribution < 1.29 is 9.59 Å². The van der Waals surface area contributed by atoms with E-state index in [1.807, 2.05) is 46.5 Å². The van der Waals surface area contributed by atoms with Crippen LogP contribution in [-0.4, -0.2) is 57.7 Å². The number of carbonyl (C=O) groups is 2. The maximum absolute atomic E-state index is 12.8. The van der Waals surface area contributed by atoms with Gasteiger partial charge in [0.15, 0.2) is 0 Å². The Morgan fingerprint density at radius 1 is 1.32 bits per heavy atom. The molecular formula is C19H24N4O2. The smallest absolute Gasteiger partial charge is 0.230 e. The summed E-state index contributed by atoms with van der Waals surface area (Å²) in [5, 5.41) is 0. The topological polar surface area (TPSA) is 57.9 Å². The number of fused-ring (bicyclic) bond motifs is 1. The molecule has 132 valence electrons. The van der Waals surface area contributed by atoms with E-state index in [2.05, 4.69) is 4.98 Å². The van der Waals surface area contributed by atoms with Crippen molar-refractivity contribution in [3.63, 3.8) is 0 Å². The molecule has 0 bridgehead atoms. The second kappa shape index (κ2) is 5.86. The average Bonchev–Trinajstić information content (AvgIpc) is 3.19. The zero-order valence-corrected chi connectivity index (χ0v) is 14.9. The standard InChI is InChI=1S/C19H24N4O2/c1-14-5-3-9-23-15(12-20-17(14)23)11-16(24)22-10-7-19(13-22)6-4-8-21(2)18(19)25/h3,5,9,12H,4,6-8,10-11,13H2,1-2H3/t19-/m1/s1. The summed E-state index contributed by atoms with van der Waals surface area (Å²) in [6.07, 6.45) is 6.76. The van der Waals surface area contributed by atoms with Crippen molar-refractivity contribution in [3.8, 4) is 0 Å². The van der Waals surface area contributed by atoms with Crippen LogP contribution in [0.4, 0.5) is 0 Å². The molecule has 1 spiro atoms. The zero-order valence-electron chi connectivity index (χ0n) is 14.9. The summed E-state index contributed by atoms with van der Waals surface area (Å²) in [5.74, 6) is 0.292. The monoisotopic (exact) mass is 340 g/mol. The second-order valence-electron chi connectivity index (χ2n) is 7.49. The molecule has 0 aliphatic carbocycles. The van der Waals surface area contributed by atoms with Crippen LogP contribution in [0.3, 0.4) is 0 Å². The summed E-state index contributed by atoms with van der Waals surface area (Å²) < 4.78 is 1.98. The van der Waals surface area contributed by atoms with Crippen LogP contribution in [0.25, 0.3) is 5.65 Å². The Bertz CT molecular complexity index is 843. The Hall–Kier alpha value is -2.37. The first-order valence-electron chi connectivity index (χ1n) is 8.95. The molecule has 0 unspecified atom stereocenters. The van der Waals surface area contributed by atoms with Crippen molar-refractivity contribution in [3.05, 3.63) is 35.8 Å². The molecule has 6 heteroatoms. The van der Waals surface area contributed by atoms with Crippen LogP contribution < -0.4 is 0 Å². The predicted octanol–water partition coefficient (Wildman–Crippen LogP) is 1.66. The number of rotatable bonds is 2. The Kier molecular flexibility index (Phi) is 3.78. The molecule has 2 saturated heterocycles. The molecule has 0 N–H and O–H groups in total. The summed E-state index contributed by atoms with van der Waals surface area (Å²) in [7, 11) is 1.87. The normalized spacial score (nSPS) is 23.8. The molecule has 25 heavy (non-hydrogen) atoms. The van der Waals surface area contributed by atoms with Gasteiger partial charge in [-0.25, -0.2) is 4.98 Å². The van der Waals surface area contributed by atoms with Gasteiger partial charge in [-0.1, -0.05) is 6.07 Å². The summed E-state index contributed by atoms with van der Waals surface area (Å²) in [6, 6.07) is 3.99. The van der Waals surface area contributed by atoms with E-state index >= 15 is 0 Å². The highest BCUT2D eigenvalue weighted by Gasteiger charge is 2.48. The molecular weight excluding hydrogens is 316 g/mol. The van der Waals surface area contributed by atoms with Crippen LogP contribution in [0.2, 0.25) is 0 Å². The molecule has 2 fully saturated rings. The molecule has 2 aliphatic rings. The number of nitrogens with zero attached hydrogens (tertiary/aromatic N) is 4. The summed E-state index contributed by atoms with van der Waals surface area (Å²) in [5.41, 5.74) is 2.54. The molecule has 2 amide bonds. The predicted molar refractivity (Wildman–Crippen MR) is 94.1 cm³/mol. The molecule has 4 rings (SSSR count). The molecule has 2 aromatic rings. The highest BCUT2D eigenvalue weighted by molar-refractivity contribution is 5.86. The van der Waals surface area contributed by atoms with E-state index in [9.17, 15) is 9.59 Å². The Balaban J connectivity index is 1.50. The number of hydrogen-bond acceptors (Lipinski definition) is 3. The molecule has 1 atom stereocenters. The van der Waals surface area contributed by atoms with E-state index in [1.165, 1.54) is 0 Å². The fourth-order valence-electron chi connectivity index (χ4n) is 4.33. The number of imidazole rings is 1. The number of carbonyl (C=O) groups excluding carboxylic acids is 2. The van der Waals surface area contributed by atoms with Gasteiger partial charge in [0.25, 0.3) is 0 Å². The van der Waals surface area contributed by atoms with Crippen LogP contribution in [0.1, 0.15) is 30.5 Å². The van der Waals surface area contributed by atoms with E-state index < -0.39 is 0 Å². The van der Waals surface area contributed by atoms with Gasteiger partial charge in [-0.2, -0.15) is 0 Å². The summed E-state index contributed by atoms with van der Waals surface area (Å²) >= 11 is 0. The van der Waals surface area contributed by atoms with Crippen molar-refractivity contribution >= 4 is 17.5 Å². The number of amides is 2. The number of piperidine rings is 1. The third-order valence-corrected chi connectivity index (χ3v) is 5.80. The van der Waals surface area contributed by atoms with Gasteiger partial charge in [-0.3, -0.25) is 9.59 Å². The van der Waals surface area contributed by atoms with E-state index in [-0.39, 0.29) is 17.2 Å². The lowest BCUT2D eigenvalue weighted by Gasteiger charge is -2.37. The number of hydrogen-bond donors (Lipinski definition) is 0. The maximum Gasteiger partial charge on any atom is 0.230 e. The average molecular weight is 340 g/mol. The first-order valence-corrected chi connectivity index (χ1v) is 8.95. The Labute approximate surface area is 147 Å². The van der Waals surface area contributed by atoms with E-state index in [0.717, 1.165) is 42.7 Å². The van der Waals surface area contributed by atoms with Gasteiger partial charge in [0.1, 0.15) is 5.65 Å². The van der Waals surface area contributed by atoms with Gasteiger partial charge in [0.2, 0.25) is 11.8 Å². The van der Waals surface area contributed by atoms with Crippen LogP contribution >= 0.6 is 0 Å². The van der Waals surface area contributed by atoms with Crippen LogP contribution in [-0.2, 0) is 16.0 Å². The Morgan fingerprint density at radius 3 is 3.00 bits per heavy atom. The quantitative estimate of drug-likeness (QED) is 0.835. The van der Waals surface area contributed by atoms with Crippen molar-refractivity contribution in [1.29, 1.82) is 0 Å². The molecule has 2 aliphatic heterocycles. The molecule has 6 nitrogen and oxygen atoms in total. The fraction of sp³-hybridized carbons (Fsp3) is 0.526. The zero-order chi connectivity index (χ0) is 17.6. The van der Waals surface area contributed by atoms with Gasteiger partial charge in [0, 0.05) is 39.1 Å². The number of aryl methyl sites for hydroxylation is 1.